The summed E-state index contributed by atoms with van der Waals surface area (Å²) in [5.41, 5.74) is 3.83. The molecule has 2 aliphatic heterocycles. The van der Waals surface area contributed by atoms with Crippen molar-refractivity contribution in [3.8, 4) is 0 Å². The number of ketones is 1. The number of carbonyl (C=O) groups is 2. The number of allylic oxidation sites excluding steroid dienone is 2. The third kappa shape index (κ3) is 2.24. The van der Waals surface area contributed by atoms with Crippen LogP contribution in [0.4, 0.5) is 4.39 Å². The minimum Gasteiger partial charge on any atom is -0.360 e. The molecule has 124 valence electrons. The van der Waals surface area contributed by atoms with E-state index in [4.69, 9.17) is 0 Å². The van der Waals surface area contributed by atoms with Gasteiger partial charge in [0.05, 0.1) is 16.6 Å². The fourth-order valence-electron chi connectivity index (χ4n) is 3.81. The zero-order valence-electron chi connectivity index (χ0n) is 13.2. The van der Waals surface area contributed by atoms with Crippen LogP contribution in [-0.2, 0) is 9.59 Å². The molecule has 1 aliphatic carbocycles. The molecular formula is C18H16BrFN2O2. The van der Waals surface area contributed by atoms with E-state index in [1.807, 2.05) is 0 Å². The number of likely N-dealkylation sites (N-methyl/N-ethyl adjacent to an activating group) is 1. The Morgan fingerprint density at radius 1 is 1.21 bits per heavy atom. The van der Waals surface area contributed by atoms with Crippen LogP contribution in [0.1, 0.15) is 30.7 Å². The first kappa shape index (κ1) is 15.6. The van der Waals surface area contributed by atoms with Gasteiger partial charge in [-0.25, -0.2) is 4.39 Å². The molecule has 0 spiro atoms. The van der Waals surface area contributed by atoms with Gasteiger partial charge in [0.2, 0.25) is 0 Å². The van der Waals surface area contributed by atoms with Crippen molar-refractivity contribution in [3.63, 3.8) is 0 Å². The lowest BCUT2D eigenvalue weighted by atomic mass is 9.75. The SMILES string of the molecule is CN1CC2=C(C1=O)[C@@H](c1ccc(F)c(Br)c1)C1=C(CCCC1=O)N2. The first-order valence-corrected chi connectivity index (χ1v) is 8.73. The van der Waals surface area contributed by atoms with Crippen LogP contribution >= 0.6 is 15.9 Å². The van der Waals surface area contributed by atoms with E-state index in [1.54, 1.807) is 24.1 Å². The predicted octanol–water partition coefficient (Wildman–Crippen LogP) is 3.01. The summed E-state index contributed by atoms with van der Waals surface area (Å²) >= 11 is 3.21. The summed E-state index contributed by atoms with van der Waals surface area (Å²) < 4.78 is 14.0. The highest BCUT2D eigenvalue weighted by atomic mass is 79.9. The van der Waals surface area contributed by atoms with Crippen molar-refractivity contribution >= 4 is 27.6 Å². The Morgan fingerprint density at radius 3 is 2.75 bits per heavy atom. The first-order chi connectivity index (χ1) is 11.5. The number of Topliss-reactive ketones (excluding diaryl/α,β-unsaturated/α-hetero) is 1. The quantitative estimate of drug-likeness (QED) is 0.801. The Morgan fingerprint density at radius 2 is 2.00 bits per heavy atom. The summed E-state index contributed by atoms with van der Waals surface area (Å²) in [7, 11) is 1.75. The topological polar surface area (TPSA) is 49.4 Å². The fraction of sp³-hybridized carbons (Fsp3) is 0.333. The van der Waals surface area contributed by atoms with Crippen molar-refractivity contribution in [1.29, 1.82) is 0 Å². The average Bonchev–Trinajstić information content (AvgIpc) is 2.83. The number of hydrogen-bond donors (Lipinski definition) is 1. The van der Waals surface area contributed by atoms with Crippen LogP contribution in [0.2, 0.25) is 0 Å². The van der Waals surface area contributed by atoms with Gasteiger partial charge in [-0.1, -0.05) is 6.07 Å². The van der Waals surface area contributed by atoms with E-state index in [0.717, 1.165) is 29.8 Å². The molecule has 6 heteroatoms. The van der Waals surface area contributed by atoms with Crippen LogP contribution in [0.15, 0.2) is 45.2 Å². The molecule has 0 fully saturated rings. The van der Waals surface area contributed by atoms with Gasteiger partial charge >= 0.3 is 0 Å². The minimum absolute atomic E-state index is 0.0723. The number of hydrogen-bond acceptors (Lipinski definition) is 3. The van der Waals surface area contributed by atoms with E-state index >= 15 is 0 Å². The van der Waals surface area contributed by atoms with Gasteiger partial charge in [0.1, 0.15) is 5.82 Å². The second-order valence-electron chi connectivity index (χ2n) is 6.45. The Bertz CT molecular complexity index is 843. The van der Waals surface area contributed by atoms with Gasteiger partial charge in [-0.3, -0.25) is 9.59 Å². The van der Waals surface area contributed by atoms with Crippen molar-refractivity contribution in [2.24, 2.45) is 0 Å². The molecule has 4 nitrogen and oxygen atoms in total. The van der Waals surface area contributed by atoms with Crippen LogP contribution in [0, 0.1) is 5.82 Å². The monoisotopic (exact) mass is 390 g/mol. The van der Waals surface area contributed by atoms with Crippen LogP contribution in [0.5, 0.6) is 0 Å². The molecule has 1 aromatic rings. The maximum absolute atomic E-state index is 13.7. The highest BCUT2D eigenvalue weighted by Crippen LogP contribution is 2.45. The van der Waals surface area contributed by atoms with Gasteiger partial charge in [0.25, 0.3) is 5.91 Å². The number of dihydropyridines is 1. The number of rotatable bonds is 1. The number of carbonyl (C=O) groups excluding carboxylic acids is 2. The van der Waals surface area contributed by atoms with Gasteiger partial charge in [0, 0.05) is 36.4 Å². The Labute approximate surface area is 147 Å². The molecule has 2 heterocycles. The average molecular weight is 391 g/mol. The third-order valence-corrected chi connectivity index (χ3v) is 5.52. The van der Waals surface area contributed by atoms with Crippen LogP contribution < -0.4 is 5.32 Å². The minimum atomic E-state index is -0.418. The summed E-state index contributed by atoms with van der Waals surface area (Å²) in [5, 5.41) is 3.32. The standard InChI is InChI=1S/C18H16BrFN2O2/c1-22-8-13-17(18(22)24)15(9-5-6-11(20)10(19)7-9)16-12(21-13)3-2-4-14(16)23/h5-7,15,21H,2-4,8H2,1H3/t15-/m0/s1. The molecule has 0 radical (unpaired) electrons. The molecule has 4 rings (SSSR count). The second-order valence-corrected chi connectivity index (χ2v) is 7.31. The number of nitrogens with zero attached hydrogens (tertiary/aromatic N) is 1. The molecule has 3 aliphatic rings. The van der Waals surface area contributed by atoms with E-state index in [-0.39, 0.29) is 17.5 Å². The molecule has 1 atom stereocenters. The zero-order chi connectivity index (χ0) is 17.0. The molecule has 24 heavy (non-hydrogen) atoms. The second kappa shape index (κ2) is 5.55. The Balaban J connectivity index is 1.91. The summed E-state index contributed by atoms with van der Waals surface area (Å²) in [5.74, 6) is -0.782. The fourth-order valence-corrected chi connectivity index (χ4v) is 4.21. The van der Waals surface area contributed by atoms with Crippen LogP contribution in [0.25, 0.3) is 0 Å². The van der Waals surface area contributed by atoms with Gasteiger partial charge in [-0.05, 0) is 46.5 Å². The van der Waals surface area contributed by atoms with Crippen molar-refractivity contribution < 1.29 is 14.0 Å². The Kier molecular flexibility index (Phi) is 3.60. The molecule has 0 bridgehead atoms. The van der Waals surface area contributed by atoms with Crippen molar-refractivity contribution in [3.05, 3.63) is 56.6 Å². The number of nitrogens with one attached hydrogen (secondary N) is 1. The van der Waals surface area contributed by atoms with Crippen LogP contribution in [0.3, 0.4) is 0 Å². The smallest absolute Gasteiger partial charge is 0.252 e. The molecule has 1 amide bonds. The first-order valence-electron chi connectivity index (χ1n) is 7.94. The lowest BCUT2D eigenvalue weighted by Crippen LogP contribution is -2.32. The summed E-state index contributed by atoms with van der Waals surface area (Å²) in [6.07, 6.45) is 2.11. The number of amides is 1. The molecule has 1 N–H and O–H groups in total. The molecule has 1 aromatic carbocycles. The van der Waals surface area contributed by atoms with Crippen LogP contribution in [-0.4, -0.2) is 30.2 Å². The van der Waals surface area contributed by atoms with Gasteiger partial charge < -0.3 is 10.2 Å². The molecular weight excluding hydrogens is 375 g/mol. The highest BCUT2D eigenvalue weighted by Gasteiger charge is 2.43. The maximum atomic E-state index is 13.7. The van der Waals surface area contributed by atoms with E-state index in [1.165, 1.54) is 6.07 Å². The lowest BCUT2D eigenvalue weighted by Gasteiger charge is -2.32. The predicted molar refractivity (Wildman–Crippen MR) is 90.5 cm³/mol. The number of halogens is 2. The van der Waals surface area contributed by atoms with Gasteiger partial charge in [0.15, 0.2) is 5.78 Å². The molecule has 0 saturated heterocycles. The van der Waals surface area contributed by atoms with Crippen molar-refractivity contribution in [1.82, 2.24) is 10.2 Å². The van der Waals surface area contributed by atoms with E-state index in [9.17, 15) is 14.0 Å². The zero-order valence-corrected chi connectivity index (χ0v) is 14.7. The molecule has 0 unspecified atom stereocenters. The molecule has 0 aromatic heterocycles. The molecule has 0 saturated carbocycles. The number of benzene rings is 1. The highest BCUT2D eigenvalue weighted by molar-refractivity contribution is 9.10. The largest absolute Gasteiger partial charge is 0.360 e. The van der Waals surface area contributed by atoms with Gasteiger partial charge in [-0.15, -0.1) is 0 Å². The summed E-state index contributed by atoms with van der Waals surface area (Å²) in [6.45, 7) is 0.512. The summed E-state index contributed by atoms with van der Waals surface area (Å²) in [6, 6.07) is 4.71. The van der Waals surface area contributed by atoms with E-state index in [2.05, 4.69) is 21.2 Å². The van der Waals surface area contributed by atoms with Crippen molar-refractivity contribution in [2.45, 2.75) is 25.2 Å². The normalized spacial score (nSPS) is 23.5. The Hall–Kier alpha value is -1.95. The van der Waals surface area contributed by atoms with E-state index < -0.39 is 5.92 Å². The van der Waals surface area contributed by atoms with Crippen molar-refractivity contribution in [2.75, 3.05) is 13.6 Å². The van der Waals surface area contributed by atoms with E-state index in [0.29, 0.717) is 28.6 Å². The third-order valence-electron chi connectivity index (χ3n) is 4.91. The van der Waals surface area contributed by atoms with Gasteiger partial charge in [-0.2, -0.15) is 0 Å². The maximum Gasteiger partial charge on any atom is 0.252 e. The summed E-state index contributed by atoms with van der Waals surface area (Å²) in [4.78, 5) is 26.9. The lowest BCUT2D eigenvalue weighted by molar-refractivity contribution is -0.124.